The van der Waals surface area contributed by atoms with Crippen LogP contribution in [0.25, 0.3) is 0 Å². The number of hydrogen-bond acceptors (Lipinski definition) is 0. The predicted molar refractivity (Wildman–Crippen MR) is 62.1 cm³/mol. The molecular formula is C12H28N3+3. The standard InChI is InChI=1S/C12H27N3/c1-12(2)15-9-6-14(7-10-15,8-11-15)5-3-4-13/h12H,3-11,13H2,1-2H3/q+2/p+1. The molecule has 88 valence electrons. The van der Waals surface area contributed by atoms with E-state index in [1.54, 1.807) is 0 Å². The van der Waals surface area contributed by atoms with Crippen LogP contribution >= 0.6 is 0 Å². The summed E-state index contributed by atoms with van der Waals surface area (Å²) < 4.78 is 2.83. The van der Waals surface area contributed by atoms with Gasteiger partial charge in [0.05, 0.1) is 19.1 Å². The van der Waals surface area contributed by atoms with Gasteiger partial charge in [0.2, 0.25) is 0 Å². The molecule has 15 heavy (non-hydrogen) atoms. The fourth-order valence-corrected chi connectivity index (χ4v) is 3.46. The molecule has 0 unspecified atom stereocenters. The van der Waals surface area contributed by atoms with E-state index in [1.807, 2.05) is 0 Å². The molecule has 0 saturated carbocycles. The molecule has 3 fully saturated rings. The van der Waals surface area contributed by atoms with Crippen LogP contribution in [-0.2, 0) is 0 Å². The quantitative estimate of drug-likeness (QED) is 0.622. The van der Waals surface area contributed by atoms with Crippen LogP contribution in [0.15, 0.2) is 0 Å². The molecule has 3 rings (SSSR count). The highest BCUT2D eigenvalue weighted by atomic mass is 15.5. The lowest BCUT2D eigenvalue weighted by Gasteiger charge is -2.57. The number of quaternary nitrogens is 3. The maximum Gasteiger partial charge on any atom is 0.129 e. The van der Waals surface area contributed by atoms with Crippen molar-refractivity contribution in [2.24, 2.45) is 0 Å². The molecule has 3 nitrogen and oxygen atoms in total. The van der Waals surface area contributed by atoms with Gasteiger partial charge in [0.25, 0.3) is 0 Å². The van der Waals surface area contributed by atoms with Crippen molar-refractivity contribution in [3.8, 4) is 0 Å². The van der Waals surface area contributed by atoms with Gasteiger partial charge in [0.15, 0.2) is 0 Å². The Morgan fingerprint density at radius 2 is 1.53 bits per heavy atom. The minimum absolute atomic E-state index is 0.834. The Kier molecular flexibility index (Phi) is 3.06. The summed E-state index contributed by atoms with van der Waals surface area (Å²) in [6.07, 6.45) is 1.32. The Morgan fingerprint density at radius 3 is 1.93 bits per heavy atom. The molecule has 3 aliphatic heterocycles. The van der Waals surface area contributed by atoms with Crippen LogP contribution in [0.2, 0.25) is 0 Å². The van der Waals surface area contributed by atoms with Gasteiger partial charge in [-0.15, -0.1) is 0 Å². The van der Waals surface area contributed by atoms with Gasteiger partial charge in [0.1, 0.15) is 39.3 Å². The van der Waals surface area contributed by atoms with Crippen molar-refractivity contribution in [2.75, 3.05) is 52.4 Å². The molecule has 0 aromatic rings. The molecular weight excluding hydrogens is 186 g/mol. The second kappa shape index (κ2) is 4.04. The van der Waals surface area contributed by atoms with Crippen LogP contribution in [-0.4, -0.2) is 67.4 Å². The molecule has 0 spiro atoms. The number of piperazine rings is 3. The van der Waals surface area contributed by atoms with Gasteiger partial charge in [-0.1, -0.05) is 0 Å². The zero-order valence-electron chi connectivity index (χ0n) is 10.5. The lowest BCUT2D eigenvalue weighted by Crippen LogP contribution is -2.76. The molecule has 0 aliphatic carbocycles. The van der Waals surface area contributed by atoms with Crippen molar-refractivity contribution in [2.45, 2.75) is 26.3 Å². The Morgan fingerprint density at radius 1 is 1.00 bits per heavy atom. The average Bonchev–Trinajstić information content (AvgIpc) is 2.29. The Bertz CT molecular complexity index is 200. The van der Waals surface area contributed by atoms with Crippen molar-refractivity contribution >= 4 is 0 Å². The second-order valence-electron chi connectivity index (χ2n) is 5.93. The molecule has 3 N–H and O–H groups in total. The lowest BCUT2D eigenvalue weighted by atomic mass is 10.0. The predicted octanol–water partition coefficient (Wildman–Crippen LogP) is -0.312. The van der Waals surface area contributed by atoms with Crippen molar-refractivity contribution in [1.29, 1.82) is 0 Å². The van der Waals surface area contributed by atoms with Crippen LogP contribution < -0.4 is 5.73 Å². The number of hydrogen-bond donors (Lipinski definition) is 1. The third-order valence-electron chi connectivity index (χ3n) is 5.04. The minimum Gasteiger partial charge on any atom is -0.357 e. The molecule has 0 atom stereocenters. The Labute approximate surface area is 94.0 Å². The second-order valence-corrected chi connectivity index (χ2v) is 5.93. The smallest absolute Gasteiger partial charge is 0.129 e. The number of fused-ring (bicyclic) bond motifs is 3. The summed E-state index contributed by atoms with van der Waals surface area (Å²) in [4.78, 5) is 0. The van der Waals surface area contributed by atoms with Crippen LogP contribution in [0, 0.1) is 0 Å². The summed E-state index contributed by atoms with van der Waals surface area (Å²) in [7, 11) is 0. The third kappa shape index (κ3) is 1.93. The van der Waals surface area contributed by atoms with E-state index in [4.69, 9.17) is 0 Å². The van der Waals surface area contributed by atoms with Gasteiger partial charge in [-0.05, 0) is 13.8 Å². The van der Waals surface area contributed by atoms with Crippen molar-refractivity contribution in [3.05, 3.63) is 0 Å². The molecule has 3 heterocycles. The molecule has 0 aromatic heterocycles. The van der Waals surface area contributed by atoms with E-state index in [9.17, 15) is 0 Å². The first-order chi connectivity index (χ1) is 7.13. The Hall–Kier alpha value is -0.120. The highest BCUT2D eigenvalue weighted by Crippen LogP contribution is 2.29. The van der Waals surface area contributed by atoms with E-state index in [0.29, 0.717) is 0 Å². The van der Waals surface area contributed by atoms with Crippen LogP contribution in [0.4, 0.5) is 0 Å². The summed E-state index contributed by atoms with van der Waals surface area (Å²) in [6, 6.07) is 0.834. The SMILES string of the molecule is CC(C)[N+]12CC[N+](CCC[NH3+])(CC1)CC2. The number of rotatable bonds is 4. The van der Waals surface area contributed by atoms with Gasteiger partial charge in [-0.3, -0.25) is 0 Å². The van der Waals surface area contributed by atoms with Gasteiger partial charge in [0, 0.05) is 6.42 Å². The van der Waals surface area contributed by atoms with Gasteiger partial charge >= 0.3 is 0 Å². The molecule has 0 aromatic carbocycles. The topological polar surface area (TPSA) is 27.6 Å². The van der Waals surface area contributed by atoms with Gasteiger partial charge < -0.3 is 14.7 Å². The van der Waals surface area contributed by atoms with E-state index in [1.165, 1.54) is 61.2 Å². The summed E-state index contributed by atoms with van der Waals surface area (Å²) in [5.41, 5.74) is 3.98. The van der Waals surface area contributed by atoms with E-state index >= 15 is 0 Å². The van der Waals surface area contributed by atoms with E-state index in [-0.39, 0.29) is 0 Å². The van der Waals surface area contributed by atoms with Crippen LogP contribution in [0.3, 0.4) is 0 Å². The summed E-state index contributed by atoms with van der Waals surface area (Å²) in [6.45, 7) is 15.9. The van der Waals surface area contributed by atoms with Crippen molar-refractivity contribution < 1.29 is 14.7 Å². The largest absolute Gasteiger partial charge is 0.357 e. The van der Waals surface area contributed by atoms with E-state index in [2.05, 4.69) is 19.6 Å². The van der Waals surface area contributed by atoms with E-state index < -0.39 is 0 Å². The summed E-state index contributed by atoms with van der Waals surface area (Å²) in [5, 5.41) is 0. The molecule has 0 radical (unpaired) electrons. The first-order valence-corrected chi connectivity index (χ1v) is 6.63. The van der Waals surface area contributed by atoms with Crippen molar-refractivity contribution in [1.82, 2.24) is 0 Å². The zero-order chi connectivity index (χ0) is 10.9. The third-order valence-corrected chi connectivity index (χ3v) is 5.04. The molecule has 0 amide bonds. The van der Waals surface area contributed by atoms with Crippen LogP contribution in [0.5, 0.6) is 0 Å². The highest BCUT2D eigenvalue weighted by molar-refractivity contribution is 4.64. The zero-order valence-corrected chi connectivity index (χ0v) is 10.5. The maximum absolute atomic E-state index is 3.98. The summed E-state index contributed by atoms with van der Waals surface area (Å²) in [5.74, 6) is 0. The van der Waals surface area contributed by atoms with Crippen molar-refractivity contribution in [3.63, 3.8) is 0 Å². The first kappa shape index (κ1) is 11.4. The lowest BCUT2D eigenvalue weighted by molar-refractivity contribution is -1.09. The molecule has 2 bridgehead atoms. The monoisotopic (exact) mass is 214 g/mol. The maximum atomic E-state index is 3.98. The Balaban J connectivity index is 1.98. The minimum atomic E-state index is 0.834. The molecule has 3 aliphatic rings. The number of nitrogens with zero attached hydrogens (tertiary/aromatic N) is 2. The summed E-state index contributed by atoms with van der Waals surface area (Å²) >= 11 is 0. The highest BCUT2D eigenvalue weighted by Gasteiger charge is 2.49. The van der Waals surface area contributed by atoms with Gasteiger partial charge in [-0.25, -0.2) is 0 Å². The van der Waals surface area contributed by atoms with Crippen LogP contribution in [0.1, 0.15) is 20.3 Å². The average molecular weight is 214 g/mol. The van der Waals surface area contributed by atoms with Gasteiger partial charge in [-0.2, -0.15) is 0 Å². The molecule has 3 saturated heterocycles. The first-order valence-electron chi connectivity index (χ1n) is 6.63. The van der Waals surface area contributed by atoms with E-state index in [0.717, 1.165) is 12.6 Å². The fraction of sp³-hybridized carbons (Fsp3) is 1.00. The fourth-order valence-electron chi connectivity index (χ4n) is 3.46. The normalized spacial score (nSPS) is 40.0. The molecule has 3 heteroatoms.